The highest BCUT2D eigenvalue weighted by Crippen LogP contribution is 2.29. The molecule has 0 spiro atoms. The number of aromatic nitrogens is 1. The first-order chi connectivity index (χ1) is 9.51. The number of rotatable bonds is 4. The van der Waals surface area contributed by atoms with E-state index in [-0.39, 0.29) is 11.4 Å². The number of halogens is 2. The predicted molar refractivity (Wildman–Crippen MR) is 72.4 cm³/mol. The fourth-order valence-electron chi connectivity index (χ4n) is 1.58. The minimum atomic E-state index is -1.28. The molecule has 0 fully saturated rings. The summed E-state index contributed by atoms with van der Waals surface area (Å²) >= 11 is 5.96. The molecular formula is C13H10ClFN2O3. The zero-order valence-corrected chi connectivity index (χ0v) is 11.1. The Hall–Kier alpha value is -2.34. The van der Waals surface area contributed by atoms with Gasteiger partial charge in [-0.2, -0.15) is 0 Å². The molecule has 0 atom stereocenters. The first kappa shape index (κ1) is 14.1. The van der Waals surface area contributed by atoms with Crippen molar-refractivity contribution in [3.05, 3.63) is 46.9 Å². The summed E-state index contributed by atoms with van der Waals surface area (Å²) in [4.78, 5) is 14.8. The number of nitrogens with one attached hydrogen (secondary N) is 1. The van der Waals surface area contributed by atoms with Crippen molar-refractivity contribution in [2.45, 2.75) is 0 Å². The van der Waals surface area contributed by atoms with E-state index in [4.69, 9.17) is 21.4 Å². The number of carbonyl (C=O) groups is 1. The number of hydrogen-bond acceptors (Lipinski definition) is 4. The van der Waals surface area contributed by atoms with Gasteiger partial charge in [-0.3, -0.25) is 0 Å². The first-order valence-electron chi connectivity index (χ1n) is 5.50. The second kappa shape index (κ2) is 5.75. The summed E-state index contributed by atoms with van der Waals surface area (Å²) in [7, 11) is 1.48. The monoisotopic (exact) mass is 296 g/mol. The van der Waals surface area contributed by atoms with Crippen molar-refractivity contribution in [3.63, 3.8) is 0 Å². The Morgan fingerprint density at radius 1 is 1.45 bits per heavy atom. The van der Waals surface area contributed by atoms with Gasteiger partial charge in [-0.05, 0) is 24.3 Å². The van der Waals surface area contributed by atoms with Crippen LogP contribution >= 0.6 is 11.6 Å². The molecule has 2 rings (SSSR count). The van der Waals surface area contributed by atoms with Gasteiger partial charge in [0.15, 0.2) is 0 Å². The molecule has 7 heteroatoms. The molecule has 0 unspecified atom stereocenters. The zero-order valence-electron chi connectivity index (χ0n) is 10.4. The lowest BCUT2D eigenvalue weighted by Gasteiger charge is -2.10. The highest BCUT2D eigenvalue weighted by atomic mass is 35.5. The summed E-state index contributed by atoms with van der Waals surface area (Å²) in [5.41, 5.74) is 0.245. The summed E-state index contributed by atoms with van der Waals surface area (Å²) in [5.74, 6) is -1.48. The Bertz CT molecular complexity index is 664. The quantitative estimate of drug-likeness (QED) is 0.905. The number of carboxylic acids is 1. The summed E-state index contributed by atoms with van der Waals surface area (Å²) in [6.45, 7) is 0. The molecule has 20 heavy (non-hydrogen) atoms. The molecule has 0 aliphatic rings. The minimum absolute atomic E-state index is 0.0279. The molecular weight excluding hydrogens is 287 g/mol. The fraction of sp³-hybridized carbons (Fsp3) is 0.0769. The topological polar surface area (TPSA) is 71.5 Å². The van der Waals surface area contributed by atoms with Gasteiger partial charge in [-0.15, -0.1) is 0 Å². The standard InChI is InChI=1S/C13H10ClFN2O3/c1-20-11-3-2-8(5-10(11)14)17-12-9(13(18)19)4-7(15)6-16-12/h2-6H,1H3,(H,16,17)(H,18,19). The molecule has 1 heterocycles. The van der Waals surface area contributed by atoms with E-state index in [2.05, 4.69) is 10.3 Å². The fourth-order valence-corrected chi connectivity index (χ4v) is 1.84. The second-order valence-electron chi connectivity index (χ2n) is 3.83. The van der Waals surface area contributed by atoms with Crippen LogP contribution in [0.1, 0.15) is 10.4 Å². The predicted octanol–water partition coefficient (Wildman–Crippen LogP) is 3.32. The van der Waals surface area contributed by atoms with Gasteiger partial charge in [0.2, 0.25) is 0 Å². The molecule has 104 valence electrons. The van der Waals surface area contributed by atoms with Crippen LogP contribution in [0.4, 0.5) is 15.9 Å². The van der Waals surface area contributed by atoms with Crippen LogP contribution in [-0.2, 0) is 0 Å². The van der Waals surface area contributed by atoms with Gasteiger partial charge in [0.25, 0.3) is 0 Å². The number of methoxy groups -OCH3 is 1. The molecule has 5 nitrogen and oxygen atoms in total. The first-order valence-corrected chi connectivity index (χ1v) is 5.88. The summed E-state index contributed by atoms with van der Waals surface area (Å²) in [6.07, 6.45) is 0.930. The van der Waals surface area contributed by atoms with Crippen LogP contribution in [0, 0.1) is 5.82 Å². The number of pyridine rings is 1. The molecule has 0 saturated heterocycles. The Balaban J connectivity index is 2.35. The number of anilines is 2. The molecule has 0 aliphatic carbocycles. The van der Waals surface area contributed by atoms with E-state index in [1.54, 1.807) is 18.2 Å². The van der Waals surface area contributed by atoms with Gasteiger partial charge in [0.05, 0.1) is 18.3 Å². The van der Waals surface area contributed by atoms with E-state index < -0.39 is 11.8 Å². The Kier molecular flexibility index (Phi) is 4.05. The van der Waals surface area contributed by atoms with Gasteiger partial charge in [0.1, 0.15) is 22.9 Å². The molecule has 2 aromatic rings. The van der Waals surface area contributed by atoms with Crippen molar-refractivity contribution in [1.82, 2.24) is 4.98 Å². The maximum Gasteiger partial charge on any atom is 0.339 e. The number of nitrogens with zero attached hydrogens (tertiary/aromatic N) is 1. The molecule has 0 radical (unpaired) electrons. The minimum Gasteiger partial charge on any atom is -0.495 e. The number of aromatic carboxylic acids is 1. The van der Waals surface area contributed by atoms with Crippen molar-refractivity contribution in [2.24, 2.45) is 0 Å². The van der Waals surface area contributed by atoms with Gasteiger partial charge in [-0.1, -0.05) is 11.6 Å². The largest absolute Gasteiger partial charge is 0.495 e. The lowest BCUT2D eigenvalue weighted by molar-refractivity contribution is 0.0697. The van der Waals surface area contributed by atoms with Crippen LogP contribution in [0.25, 0.3) is 0 Å². The maximum absolute atomic E-state index is 13.0. The highest BCUT2D eigenvalue weighted by Gasteiger charge is 2.13. The number of benzene rings is 1. The van der Waals surface area contributed by atoms with Crippen LogP contribution < -0.4 is 10.1 Å². The Labute approximate surface area is 119 Å². The molecule has 2 N–H and O–H groups in total. The van der Waals surface area contributed by atoms with Crippen molar-refractivity contribution < 1.29 is 19.0 Å². The number of carboxylic acid groups (broad SMARTS) is 1. The van der Waals surface area contributed by atoms with Crippen molar-refractivity contribution >= 4 is 29.1 Å². The molecule has 0 amide bonds. The van der Waals surface area contributed by atoms with Crippen molar-refractivity contribution in [1.29, 1.82) is 0 Å². The number of ether oxygens (including phenoxy) is 1. The summed E-state index contributed by atoms with van der Waals surface area (Å²) < 4.78 is 18.0. The third-order valence-corrected chi connectivity index (χ3v) is 2.79. The van der Waals surface area contributed by atoms with Gasteiger partial charge < -0.3 is 15.2 Å². The third-order valence-electron chi connectivity index (χ3n) is 2.50. The van der Waals surface area contributed by atoms with E-state index >= 15 is 0 Å². The van der Waals surface area contributed by atoms with Gasteiger partial charge in [0, 0.05) is 5.69 Å². The SMILES string of the molecule is COc1ccc(Nc2ncc(F)cc2C(=O)O)cc1Cl. The van der Waals surface area contributed by atoms with E-state index in [9.17, 15) is 9.18 Å². The van der Waals surface area contributed by atoms with Gasteiger partial charge in [-0.25, -0.2) is 14.2 Å². The lowest BCUT2D eigenvalue weighted by atomic mass is 10.2. The van der Waals surface area contributed by atoms with E-state index in [1.807, 2.05) is 0 Å². The number of hydrogen-bond donors (Lipinski definition) is 2. The molecule has 0 aliphatic heterocycles. The highest BCUT2D eigenvalue weighted by molar-refractivity contribution is 6.32. The van der Waals surface area contributed by atoms with E-state index in [1.165, 1.54) is 7.11 Å². The van der Waals surface area contributed by atoms with Crippen LogP contribution in [-0.4, -0.2) is 23.2 Å². The van der Waals surface area contributed by atoms with Crippen molar-refractivity contribution in [2.75, 3.05) is 12.4 Å². The molecule has 1 aromatic carbocycles. The second-order valence-corrected chi connectivity index (χ2v) is 4.24. The average Bonchev–Trinajstić information content (AvgIpc) is 2.41. The average molecular weight is 297 g/mol. The maximum atomic E-state index is 13.0. The summed E-state index contributed by atoms with van der Waals surface area (Å²) in [6, 6.07) is 5.70. The zero-order chi connectivity index (χ0) is 14.7. The third kappa shape index (κ3) is 2.97. The van der Waals surface area contributed by atoms with Crippen molar-refractivity contribution in [3.8, 4) is 5.75 Å². The Morgan fingerprint density at radius 2 is 2.20 bits per heavy atom. The van der Waals surface area contributed by atoms with Gasteiger partial charge >= 0.3 is 5.97 Å². The lowest BCUT2D eigenvalue weighted by Crippen LogP contribution is -2.05. The molecule has 0 bridgehead atoms. The molecule has 1 aromatic heterocycles. The smallest absolute Gasteiger partial charge is 0.339 e. The normalized spacial score (nSPS) is 10.2. The Morgan fingerprint density at radius 3 is 2.80 bits per heavy atom. The molecule has 0 saturated carbocycles. The van der Waals surface area contributed by atoms with Crippen LogP contribution in [0.5, 0.6) is 5.75 Å². The van der Waals surface area contributed by atoms with Crippen LogP contribution in [0.15, 0.2) is 30.5 Å². The van der Waals surface area contributed by atoms with Crippen LogP contribution in [0.2, 0.25) is 5.02 Å². The van der Waals surface area contributed by atoms with Crippen LogP contribution in [0.3, 0.4) is 0 Å². The summed E-state index contributed by atoms with van der Waals surface area (Å²) in [5, 5.41) is 12.1. The van der Waals surface area contributed by atoms with E-state index in [0.717, 1.165) is 12.3 Å². The van der Waals surface area contributed by atoms with E-state index in [0.29, 0.717) is 16.5 Å².